The minimum atomic E-state index is 0.870. The fourth-order valence-electron chi connectivity index (χ4n) is 1.28. The van der Waals surface area contributed by atoms with E-state index in [0.29, 0.717) is 0 Å². The van der Waals surface area contributed by atoms with Gasteiger partial charge in [-0.3, -0.25) is 0 Å². The average molecular weight is 154 g/mol. The molecule has 0 aliphatic heterocycles. The van der Waals surface area contributed by atoms with Gasteiger partial charge in [0.05, 0.1) is 0 Å². The molecule has 0 saturated heterocycles. The van der Waals surface area contributed by atoms with Crippen molar-refractivity contribution in [3.05, 3.63) is 6.92 Å². The van der Waals surface area contributed by atoms with E-state index in [2.05, 4.69) is 6.92 Å². The number of hydrogen-bond donors (Lipinski definition) is 0. The number of rotatable bonds is 8. The van der Waals surface area contributed by atoms with E-state index in [0.717, 1.165) is 6.42 Å². The van der Waals surface area contributed by atoms with Gasteiger partial charge >= 0.3 is 0 Å². The van der Waals surface area contributed by atoms with Crippen LogP contribution in [0.25, 0.3) is 0 Å². The fraction of sp³-hybridized carbons (Fsp3) is 0.909. The van der Waals surface area contributed by atoms with Gasteiger partial charge in [0.25, 0.3) is 0 Å². The quantitative estimate of drug-likeness (QED) is 0.459. The zero-order chi connectivity index (χ0) is 8.36. The molecule has 0 heterocycles. The van der Waals surface area contributed by atoms with Crippen molar-refractivity contribution in [3.8, 4) is 0 Å². The molecule has 0 aromatic carbocycles. The summed E-state index contributed by atoms with van der Waals surface area (Å²) in [5, 5.41) is 0. The van der Waals surface area contributed by atoms with Crippen molar-refractivity contribution in [2.45, 2.75) is 64.7 Å². The normalized spacial score (nSPS) is 10.4. The van der Waals surface area contributed by atoms with E-state index in [1.165, 1.54) is 51.4 Å². The summed E-state index contributed by atoms with van der Waals surface area (Å²) in [4.78, 5) is 0. The van der Waals surface area contributed by atoms with Gasteiger partial charge in [-0.2, -0.15) is 0 Å². The van der Waals surface area contributed by atoms with Gasteiger partial charge in [0.2, 0.25) is 0 Å². The zero-order valence-corrected chi connectivity index (χ0v) is 7.94. The molecule has 11 heavy (non-hydrogen) atoms. The van der Waals surface area contributed by atoms with E-state index in [-0.39, 0.29) is 0 Å². The molecule has 0 bridgehead atoms. The van der Waals surface area contributed by atoms with E-state index in [4.69, 9.17) is 6.92 Å². The van der Waals surface area contributed by atoms with Crippen molar-refractivity contribution >= 4 is 0 Å². The molecule has 0 unspecified atom stereocenters. The van der Waals surface area contributed by atoms with Crippen LogP contribution in [0.15, 0.2) is 0 Å². The lowest BCUT2D eigenvalue weighted by Crippen LogP contribution is -1.79. The van der Waals surface area contributed by atoms with Crippen LogP contribution in [-0.2, 0) is 0 Å². The lowest BCUT2D eigenvalue weighted by molar-refractivity contribution is 0.577. The monoisotopic (exact) mass is 154 g/mol. The van der Waals surface area contributed by atoms with Crippen LogP contribution < -0.4 is 0 Å². The first kappa shape index (κ1) is 11.0. The van der Waals surface area contributed by atoms with Gasteiger partial charge in [0.15, 0.2) is 0 Å². The molecule has 0 heteroatoms. The largest absolute Gasteiger partial charge is 0.0654 e. The van der Waals surface area contributed by atoms with Crippen molar-refractivity contribution in [2.24, 2.45) is 0 Å². The van der Waals surface area contributed by atoms with Gasteiger partial charge in [-0.25, -0.2) is 0 Å². The predicted octanol–water partition coefficient (Wildman–Crippen LogP) is 4.23. The minimum absolute atomic E-state index is 0.870. The molecule has 0 fully saturated rings. The minimum Gasteiger partial charge on any atom is -0.0654 e. The fourth-order valence-corrected chi connectivity index (χ4v) is 1.28. The summed E-state index contributed by atoms with van der Waals surface area (Å²) in [5.74, 6) is 0. The Labute approximate surface area is 72.4 Å². The van der Waals surface area contributed by atoms with Crippen LogP contribution in [0.1, 0.15) is 64.7 Å². The van der Waals surface area contributed by atoms with Crippen LogP contribution in [0.4, 0.5) is 0 Å². The lowest BCUT2D eigenvalue weighted by atomic mass is 10.1. The molecule has 2 radical (unpaired) electrons. The van der Waals surface area contributed by atoms with E-state index >= 15 is 0 Å². The van der Waals surface area contributed by atoms with Gasteiger partial charge in [-0.15, -0.1) is 0 Å². The molecule has 0 saturated carbocycles. The first-order chi connectivity index (χ1) is 5.41. The molecule has 0 aliphatic carbocycles. The maximum atomic E-state index is 5.39. The van der Waals surface area contributed by atoms with Crippen molar-refractivity contribution in [1.29, 1.82) is 0 Å². The van der Waals surface area contributed by atoms with Crippen molar-refractivity contribution in [2.75, 3.05) is 0 Å². The first-order valence-electron chi connectivity index (χ1n) is 5.12. The molecule has 0 aromatic heterocycles. The van der Waals surface area contributed by atoms with Crippen LogP contribution in [0.5, 0.6) is 0 Å². The number of hydrogen-bond acceptors (Lipinski definition) is 0. The van der Waals surface area contributed by atoms with Crippen LogP contribution in [0, 0.1) is 6.92 Å². The Morgan fingerprint density at radius 3 is 1.64 bits per heavy atom. The van der Waals surface area contributed by atoms with Gasteiger partial charge in [-0.1, -0.05) is 58.3 Å². The topological polar surface area (TPSA) is 0 Å². The molecule has 0 nitrogen and oxygen atoms in total. The summed E-state index contributed by atoms with van der Waals surface area (Å²) < 4.78 is 0. The summed E-state index contributed by atoms with van der Waals surface area (Å²) in [7, 11) is 0. The van der Waals surface area contributed by atoms with Crippen molar-refractivity contribution in [1.82, 2.24) is 0 Å². The highest BCUT2D eigenvalue weighted by molar-refractivity contribution is 4.46. The predicted molar refractivity (Wildman–Crippen MR) is 51.5 cm³/mol. The molecule has 0 N–H and O–H groups in total. The smallest absolute Gasteiger partial charge is 0.0352 e. The van der Waals surface area contributed by atoms with Crippen LogP contribution in [0.2, 0.25) is 0 Å². The summed E-state index contributed by atoms with van der Waals surface area (Å²) in [6, 6.07) is 0. The Bertz CT molecular complexity index is 49.1. The third kappa shape index (κ3) is 10.0. The number of unbranched alkanes of at least 4 members (excludes halogenated alkanes) is 8. The van der Waals surface area contributed by atoms with E-state index in [1.807, 2.05) is 0 Å². The standard InChI is InChI=1S/C11H22/c1-3-5-7-9-11-10-8-6-4-2/h1H,3-11H2,2H3. The van der Waals surface area contributed by atoms with Crippen LogP contribution in [-0.4, -0.2) is 0 Å². The highest BCUT2D eigenvalue weighted by Crippen LogP contribution is 2.08. The van der Waals surface area contributed by atoms with E-state index < -0.39 is 0 Å². The molecular weight excluding hydrogens is 132 g/mol. The lowest BCUT2D eigenvalue weighted by Gasteiger charge is -1.98. The molecule has 0 aromatic rings. The second kappa shape index (κ2) is 10.0. The third-order valence-electron chi connectivity index (χ3n) is 2.06. The van der Waals surface area contributed by atoms with Gasteiger partial charge < -0.3 is 0 Å². The Kier molecular flexibility index (Phi) is 10.0. The van der Waals surface area contributed by atoms with E-state index in [9.17, 15) is 0 Å². The molecule has 0 aliphatic rings. The molecule has 0 amide bonds. The Morgan fingerprint density at radius 1 is 0.727 bits per heavy atom. The van der Waals surface area contributed by atoms with Crippen LogP contribution >= 0.6 is 0 Å². The Balaban J connectivity index is 2.69. The summed E-state index contributed by atoms with van der Waals surface area (Å²) >= 11 is 0. The van der Waals surface area contributed by atoms with Gasteiger partial charge in [0, 0.05) is 0 Å². The molecule has 66 valence electrons. The summed E-state index contributed by atoms with van der Waals surface area (Å²) in [6.45, 7) is 7.65. The zero-order valence-electron chi connectivity index (χ0n) is 7.94. The SMILES string of the molecule is [CH]CCCCCCCCCC. The Hall–Kier alpha value is 0. The van der Waals surface area contributed by atoms with Crippen molar-refractivity contribution in [3.63, 3.8) is 0 Å². The average Bonchev–Trinajstić information content (AvgIpc) is 2.03. The third-order valence-corrected chi connectivity index (χ3v) is 2.06. The van der Waals surface area contributed by atoms with Gasteiger partial charge in [0.1, 0.15) is 0 Å². The van der Waals surface area contributed by atoms with E-state index in [1.54, 1.807) is 0 Å². The summed E-state index contributed by atoms with van der Waals surface area (Å²) in [5.41, 5.74) is 0. The Morgan fingerprint density at radius 2 is 1.18 bits per heavy atom. The second-order valence-corrected chi connectivity index (χ2v) is 3.26. The van der Waals surface area contributed by atoms with Crippen molar-refractivity contribution < 1.29 is 0 Å². The first-order valence-corrected chi connectivity index (χ1v) is 5.12. The highest BCUT2D eigenvalue weighted by Gasteiger charge is 1.89. The van der Waals surface area contributed by atoms with Gasteiger partial charge in [-0.05, 0) is 13.3 Å². The second-order valence-electron chi connectivity index (χ2n) is 3.26. The van der Waals surface area contributed by atoms with Crippen LogP contribution in [0.3, 0.4) is 0 Å². The maximum Gasteiger partial charge on any atom is -0.0352 e. The molecule has 0 atom stereocenters. The summed E-state index contributed by atoms with van der Waals surface area (Å²) in [6.07, 6.45) is 11.9. The highest BCUT2D eigenvalue weighted by atomic mass is 13.9. The molecule has 0 spiro atoms. The molecular formula is C11H22. The maximum absolute atomic E-state index is 5.39. The molecule has 0 rings (SSSR count).